The lowest BCUT2D eigenvalue weighted by Crippen LogP contribution is -2.13. The highest BCUT2D eigenvalue weighted by atomic mass is 32.2. The summed E-state index contributed by atoms with van der Waals surface area (Å²) in [6, 6.07) is 11.5. The van der Waals surface area contributed by atoms with Crippen molar-refractivity contribution in [2.45, 2.75) is 18.7 Å². The van der Waals surface area contributed by atoms with Crippen LogP contribution in [0.3, 0.4) is 0 Å². The normalized spacial score (nSPS) is 11.1. The topological polar surface area (TPSA) is 81.4 Å². The summed E-state index contributed by atoms with van der Waals surface area (Å²) in [5.74, 6) is 0.612. The van der Waals surface area contributed by atoms with Crippen LogP contribution in [0.2, 0.25) is 0 Å². The molecular formula is C15H18N2O3S. The molecule has 5 nitrogen and oxygen atoms in total. The number of aryl methyl sites for hydroxylation is 1. The number of rotatable bonds is 5. The standard InChI is InChI=1S/C15H18N2O3S/c1-3-20-13-6-4-5-12(9-13)17-21(18,19)14-8-7-11(2)15(16)10-14/h4-10,17H,3,16H2,1-2H3. The Balaban J connectivity index is 2.28. The summed E-state index contributed by atoms with van der Waals surface area (Å²) in [4.78, 5) is 0.132. The van der Waals surface area contributed by atoms with Gasteiger partial charge in [0.05, 0.1) is 17.2 Å². The van der Waals surface area contributed by atoms with Crippen LogP contribution in [-0.2, 0) is 10.0 Å². The molecule has 0 aliphatic rings. The molecule has 0 fully saturated rings. The van der Waals surface area contributed by atoms with Gasteiger partial charge in [-0.25, -0.2) is 8.42 Å². The van der Waals surface area contributed by atoms with Gasteiger partial charge in [-0.3, -0.25) is 4.72 Å². The molecule has 0 aliphatic carbocycles. The van der Waals surface area contributed by atoms with Gasteiger partial charge in [-0.15, -0.1) is 0 Å². The molecule has 3 N–H and O–H groups in total. The number of nitrogens with two attached hydrogens (primary N) is 1. The van der Waals surface area contributed by atoms with E-state index < -0.39 is 10.0 Å². The molecule has 0 spiro atoms. The first-order valence-electron chi connectivity index (χ1n) is 6.54. The molecule has 0 saturated heterocycles. The second-order valence-corrected chi connectivity index (χ2v) is 6.27. The second-order valence-electron chi connectivity index (χ2n) is 4.58. The van der Waals surface area contributed by atoms with Crippen molar-refractivity contribution in [3.8, 4) is 5.75 Å². The van der Waals surface area contributed by atoms with Crippen molar-refractivity contribution >= 4 is 21.4 Å². The minimum atomic E-state index is -3.67. The van der Waals surface area contributed by atoms with Crippen LogP contribution >= 0.6 is 0 Å². The Morgan fingerprint density at radius 1 is 1.19 bits per heavy atom. The maximum absolute atomic E-state index is 12.3. The third-order valence-electron chi connectivity index (χ3n) is 2.96. The Morgan fingerprint density at radius 3 is 2.62 bits per heavy atom. The van der Waals surface area contributed by atoms with Gasteiger partial charge >= 0.3 is 0 Å². The van der Waals surface area contributed by atoms with Gasteiger partial charge in [0.1, 0.15) is 5.75 Å². The fourth-order valence-electron chi connectivity index (χ4n) is 1.82. The SMILES string of the molecule is CCOc1cccc(NS(=O)(=O)c2ccc(C)c(N)c2)c1. The van der Waals surface area contributed by atoms with Crippen molar-refractivity contribution in [1.82, 2.24) is 0 Å². The number of sulfonamides is 1. The van der Waals surface area contributed by atoms with Crippen LogP contribution in [-0.4, -0.2) is 15.0 Å². The summed E-state index contributed by atoms with van der Waals surface area (Å²) in [5.41, 5.74) is 7.49. The summed E-state index contributed by atoms with van der Waals surface area (Å²) >= 11 is 0. The number of anilines is 2. The van der Waals surface area contributed by atoms with Crippen LogP contribution < -0.4 is 15.2 Å². The first-order chi connectivity index (χ1) is 9.92. The Kier molecular flexibility index (Phi) is 4.37. The minimum absolute atomic E-state index is 0.132. The van der Waals surface area contributed by atoms with Crippen molar-refractivity contribution in [3.05, 3.63) is 48.0 Å². The third-order valence-corrected chi connectivity index (χ3v) is 4.34. The zero-order chi connectivity index (χ0) is 15.5. The molecule has 112 valence electrons. The molecule has 2 rings (SSSR count). The van der Waals surface area contributed by atoms with E-state index in [0.717, 1.165) is 5.56 Å². The van der Waals surface area contributed by atoms with E-state index >= 15 is 0 Å². The van der Waals surface area contributed by atoms with Crippen molar-refractivity contribution in [2.75, 3.05) is 17.1 Å². The fraction of sp³-hybridized carbons (Fsp3) is 0.200. The summed E-state index contributed by atoms with van der Waals surface area (Å²) < 4.78 is 32.5. The quantitative estimate of drug-likeness (QED) is 0.832. The van der Waals surface area contributed by atoms with Gasteiger partial charge in [0, 0.05) is 11.8 Å². The molecule has 2 aromatic rings. The van der Waals surface area contributed by atoms with Crippen LogP contribution in [0.25, 0.3) is 0 Å². The number of hydrogen-bond acceptors (Lipinski definition) is 4. The summed E-state index contributed by atoms with van der Waals surface area (Å²) in [6.45, 7) is 4.21. The van der Waals surface area contributed by atoms with Gasteiger partial charge in [-0.1, -0.05) is 12.1 Å². The third kappa shape index (κ3) is 3.66. The van der Waals surface area contributed by atoms with Crippen molar-refractivity contribution < 1.29 is 13.2 Å². The van der Waals surface area contributed by atoms with Crippen LogP contribution in [0.4, 0.5) is 11.4 Å². The zero-order valence-electron chi connectivity index (χ0n) is 12.0. The summed E-state index contributed by atoms with van der Waals surface area (Å²) in [5, 5.41) is 0. The summed E-state index contributed by atoms with van der Waals surface area (Å²) in [6.07, 6.45) is 0. The van der Waals surface area contributed by atoms with E-state index in [4.69, 9.17) is 10.5 Å². The van der Waals surface area contributed by atoms with Crippen LogP contribution in [0.15, 0.2) is 47.4 Å². The maximum atomic E-state index is 12.3. The lowest BCUT2D eigenvalue weighted by Gasteiger charge is -2.11. The van der Waals surface area contributed by atoms with Gasteiger partial charge in [0.25, 0.3) is 10.0 Å². The lowest BCUT2D eigenvalue weighted by atomic mass is 10.2. The van der Waals surface area contributed by atoms with E-state index in [-0.39, 0.29) is 4.90 Å². The molecular weight excluding hydrogens is 288 g/mol. The van der Waals surface area contributed by atoms with E-state index in [2.05, 4.69) is 4.72 Å². The summed E-state index contributed by atoms with van der Waals surface area (Å²) in [7, 11) is -3.67. The highest BCUT2D eigenvalue weighted by Gasteiger charge is 2.15. The molecule has 0 atom stereocenters. The van der Waals surface area contributed by atoms with Gasteiger partial charge in [0.2, 0.25) is 0 Å². The predicted octanol–water partition coefficient (Wildman–Crippen LogP) is 2.78. The highest BCUT2D eigenvalue weighted by molar-refractivity contribution is 7.92. The van der Waals surface area contributed by atoms with Gasteiger partial charge < -0.3 is 10.5 Å². The molecule has 0 unspecified atom stereocenters. The van der Waals surface area contributed by atoms with E-state index in [1.165, 1.54) is 12.1 Å². The Hall–Kier alpha value is -2.21. The van der Waals surface area contributed by atoms with E-state index in [1.54, 1.807) is 30.3 Å². The molecule has 0 bridgehead atoms. The number of ether oxygens (including phenoxy) is 1. The largest absolute Gasteiger partial charge is 0.494 e. The highest BCUT2D eigenvalue weighted by Crippen LogP contribution is 2.22. The first kappa shape index (κ1) is 15.2. The Bertz CT molecular complexity index is 742. The average Bonchev–Trinajstić information content (AvgIpc) is 2.42. The number of nitrogen functional groups attached to an aromatic ring is 1. The Morgan fingerprint density at radius 2 is 1.95 bits per heavy atom. The van der Waals surface area contributed by atoms with E-state index in [9.17, 15) is 8.42 Å². The molecule has 0 radical (unpaired) electrons. The molecule has 2 aromatic carbocycles. The van der Waals surface area contributed by atoms with Gasteiger partial charge in [0.15, 0.2) is 0 Å². The molecule has 21 heavy (non-hydrogen) atoms. The predicted molar refractivity (Wildman–Crippen MR) is 84.0 cm³/mol. The average molecular weight is 306 g/mol. The molecule has 0 saturated carbocycles. The number of hydrogen-bond donors (Lipinski definition) is 2. The second kappa shape index (κ2) is 6.05. The van der Waals surface area contributed by atoms with Gasteiger partial charge in [-0.05, 0) is 43.7 Å². The maximum Gasteiger partial charge on any atom is 0.261 e. The van der Waals surface area contributed by atoms with Crippen molar-refractivity contribution in [1.29, 1.82) is 0 Å². The molecule has 0 amide bonds. The smallest absolute Gasteiger partial charge is 0.261 e. The van der Waals surface area contributed by atoms with Gasteiger partial charge in [-0.2, -0.15) is 0 Å². The van der Waals surface area contributed by atoms with E-state index in [1.807, 2.05) is 13.8 Å². The monoisotopic (exact) mass is 306 g/mol. The number of nitrogens with one attached hydrogen (secondary N) is 1. The van der Waals surface area contributed by atoms with E-state index in [0.29, 0.717) is 23.7 Å². The van der Waals surface area contributed by atoms with Crippen LogP contribution in [0, 0.1) is 6.92 Å². The molecule has 0 heterocycles. The fourth-order valence-corrected chi connectivity index (χ4v) is 2.90. The minimum Gasteiger partial charge on any atom is -0.494 e. The zero-order valence-corrected chi connectivity index (χ0v) is 12.8. The number of benzene rings is 2. The lowest BCUT2D eigenvalue weighted by molar-refractivity contribution is 0.340. The molecule has 0 aliphatic heterocycles. The van der Waals surface area contributed by atoms with Crippen molar-refractivity contribution in [2.24, 2.45) is 0 Å². The molecule has 6 heteroatoms. The van der Waals surface area contributed by atoms with Crippen LogP contribution in [0.1, 0.15) is 12.5 Å². The van der Waals surface area contributed by atoms with Crippen molar-refractivity contribution in [3.63, 3.8) is 0 Å². The van der Waals surface area contributed by atoms with Crippen LogP contribution in [0.5, 0.6) is 5.75 Å². The molecule has 0 aromatic heterocycles. The Labute approximate surface area is 124 Å². The first-order valence-corrected chi connectivity index (χ1v) is 8.02.